The average Bonchev–Trinajstić information content (AvgIpc) is 2.63. The summed E-state index contributed by atoms with van der Waals surface area (Å²) in [6, 6.07) is 13.2. The zero-order valence-corrected chi connectivity index (χ0v) is 13.5. The molecular weight excluding hydrogens is 302 g/mol. The Morgan fingerprint density at radius 2 is 1.79 bits per heavy atom. The number of piperazine rings is 1. The summed E-state index contributed by atoms with van der Waals surface area (Å²) in [4.78, 5) is 30.2. The summed E-state index contributed by atoms with van der Waals surface area (Å²) in [6.07, 6.45) is 5.77. The number of aromatic amines is 1. The highest BCUT2D eigenvalue weighted by Crippen LogP contribution is 2.08. The van der Waals surface area contributed by atoms with Crippen LogP contribution >= 0.6 is 0 Å². The summed E-state index contributed by atoms with van der Waals surface area (Å²) in [5.41, 5.74) is 1.54. The molecule has 0 saturated carbocycles. The monoisotopic (exact) mass is 323 g/mol. The fourth-order valence-electron chi connectivity index (χ4n) is 2.76. The number of carbonyl (C=O) groups is 1. The van der Waals surface area contributed by atoms with Crippen molar-refractivity contribution < 1.29 is 4.79 Å². The number of aromatic nitrogens is 1. The van der Waals surface area contributed by atoms with Gasteiger partial charge >= 0.3 is 0 Å². The van der Waals surface area contributed by atoms with Crippen LogP contribution in [0.4, 0.5) is 0 Å². The second kappa shape index (κ2) is 7.75. The van der Waals surface area contributed by atoms with Gasteiger partial charge in [0.05, 0.1) is 5.56 Å². The number of H-pyrrole nitrogens is 1. The minimum Gasteiger partial charge on any atom is -0.336 e. The molecule has 1 aromatic carbocycles. The van der Waals surface area contributed by atoms with Gasteiger partial charge in [0.2, 0.25) is 5.56 Å². The maximum absolute atomic E-state index is 12.4. The first-order valence-electron chi connectivity index (χ1n) is 8.14. The molecular formula is C19H21N3O2. The third-order valence-electron chi connectivity index (χ3n) is 4.16. The van der Waals surface area contributed by atoms with Gasteiger partial charge in [-0.1, -0.05) is 42.5 Å². The molecule has 0 radical (unpaired) electrons. The zero-order valence-electron chi connectivity index (χ0n) is 13.5. The summed E-state index contributed by atoms with van der Waals surface area (Å²) in [5.74, 6) is -0.0225. The van der Waals surface area contributed by atoms with Crippen molar-refractivity contribution in [3.05, 3.63) is 76.2 Å². The van der Waals surface area contributed by atoms with E-state index in [1.807, 2.05) is 23.1 Å². The Balaban J connectivity index is 1.49. The Morgan fingerprint density at radius 1 is 1.04 bits per heavy atom. The molecule has 0 spiro atoms. The van der Waals surface area contributed by atoms with Crippen LogP contribution in [0.25, 0.3) is 6.08 Å². The summed E-state index contributed by atoms with van der Waals surface area (Å²) >= 11 is 0. The van der Waals surface area contributed by atoms with Crippen molar-refractivity contribution in [2.24, 2.45) is 0 Å². The maximum atomic E-state index is 12.4. The standard InChI is InChI=1S/C19H21N3O2/c23-18-9-8-17(15-20-18)19(24)22-13-11-21(12-14-22)10-4-7-16-5-2-1-3-6-16/h1-9,15H,10-14H2,(H,20,23)/b7-4+. The summed E-state index contributed by atoms with van der Waals surface area (Å²) in [6.45, 7) is 4.01. The van der Waals surface area contributed by atoms with Crippen LogP contribution in [0.3, 0.4) is 0 Å². The Bertz CT molecular complexity index is 739. The van der Waals surface area contributed by atoms with Crippen LogP contribution in [-0.2, 0) is 0 Å². The lowest BCUT2D eigenvalue weighted by molar-refractivity contribution is 0.0650. The topological polar surface area (TPSA) is 56.4 Å². The number of rotatable bonds is 4. The second-order valence-electron chi connectivity index (χ2n) is 5.85. The van der Waals surface area contributed by atoms with Gasteiger partial charge in [-0.3, -0.25) is 14.5 Å². The number of hydrogen-bond donors (Lipinski definition) is 1. The third-order valence-corrected chi connectivity index (χ3v) is 4.16. The van der Waals surface area contributed by atoms with Crippen molar-refractivity contribution in [3.63, 3.8) is 0 Å². The Labute approximate surface area is 141 Å². The first-order valence-corrected chi connectivity index (χ1v) is 8.14. The summed E-state index contributed by atoms with van der Waals surface area (Å²) in [7, 11) is 0. The fourth-order valence-corrected chi connectivity index (χ4v) is 2.76. The molecule has 3 rings (SSSR count). The van der Waals surface area contributed by atoms with Gasteiger partial charge in [-0.2, -0.15) is 0 Å². The van der Waals surface area contributed by atoms with E-state index < -0.39 is 0 Å². The molecule has 5 heteroatoms. The number of hydrogen-bond acceptors (Lipinski definition) is 3. The number of nitrogens with zero attached hydrogens (tertiary/aromatic N) is 2. The molecule has 24 heavy (non-hydrogen) atoms. The highest BCUT2D eigenvalue weighted by molar-refractivity contribution is 5.93. The van der Waals surface area contributed by atoms with E-state index in [0.29, 0.717) is 18.7 Å². The Kier molecular flexibility index (Phi) is 5.23. The van der Waals surface area contributed by atoms with Crippen LogP contribution in [0.1, 0.15) is 15.9 Å². The minimum absolute atomic E-state index is 0.0225. The fraction of sp³-hybridized carbons (Fsp3) is 0.263. The molecule has 1 N–H and O–H groups in total. The van der Waals surface area contributed by atoms with Crippen molar-refractivity contribution in [1.29, 1.82) is 0 Å². The molecule has 124 valence electrons. The van der Waals surface area contributed by atoms with Gasteiger partial charge in [-0.25, -0.2) is 0 Å². The van der Waals surface area contributed by atoms with Crippen molar-refractivity contribution in [2.45, 2.75) is 0 Å². The van der Waals surface area contributed by atoms with Crippen LogP contribution < -0.4 is 5.56 Å². The predicted molar refractivity (Wildman–Crippen MR) is 94.9 cm³/mol. The molecule has 5 nitrogen and oxygen atoms in total. The van der Waals surface area contributed by atoms with Crippen LogP contribution in [0.15, 0.2) is 59.5 Å². The van der Waals surface area contributed by atoms with Gasteiger partial charge in [-0.05, 0) is 11.6 Å². The second-order valence-corrected chi connectivity index (χ2v) is 5.85. The number of benzene rings is 1. The normalized spacial score (nSPS) is 15.8. The van der Waals surface area contributed by atoms with Crippen molar-refractivity contribution in [1.82, 2.24) is 14.8 Å². The molecule has 0 aliphatic carbocycles. The van der Waals surface area contributed by atoms with E-state index in [4.69, 9.17) is 0 Å². The van der Waals surface area contributed by atoms with Crippen molar-refractivity contribution in [2.75, 3.05) is 32.7 Å². The first kappa shape index (κ1) is 16.2. The molecule has 1 aliphatic rings. The van der Waals surface area contributed by atoms with E-state index in [-0.39, 0.29) is 11.5 Å². The summed E-state index contributed by atoms with van der Waals surface area (Å²) < 4.78 is 0. The van der Waals surface area contributed by atoms with E-state index in [0.717, 1.165) is 19.6 Å². The highest BCUT2D eigenvalue weighted by atomic mass is 16.2. The number of pyridine rings is 1. The van der Waals surface area contributed by atoms with Crippen LogP contribution in [0.2, 0.25) is 0 Å². The van der Waals surface area contributed by atoms with Gasteiger partial charge in [0, 0.05) is 45.0 Å². The van der Waals surface area contributed by atoms with Crippen LogP contribution in [0.5, 0.6) is 0 Å². The average molecular weight is 323 g/mol. The van der Waals surface area contributed by atoms with E-state index in [1.165, 1.54) is 17.8 Å². The third kappa shape index (κ3) is 4.20. The molecule has 1 saturated heterocycles. The number of nitrogens with one attached hydrogen (secondary N) is 1. The highest BCUT2D eigenvalue weighted by Gasteiger charge is 2.21. The van der Waals surface area contributed by atoms with Crippen LogP contribution in [-0.4, -0.2) is 53.4 Å². The first-order chi connectivity index (χ1) is 11.7. The van der Waals surface area contributed by atoms with Gasteiger partial charge in [0.25, 0.3) is 5.91 Å². The summed E-state index contributed by atoms with van der Waals surface area (Å²) in [5, 5.41) is 0. The molecule has 2 aromatic rings. The van der Waals surface area contributed by atoms with E-state index in [1.54, 1.807) is 6.07 Å². The quantitative estimate of drug-likeness (QED) is 0.934. The maximum Gasteiger partial charge on any atom is 0.255 e. The smallest absolute Gasteiger partial charge is 0.255 e. The van der Waals surface area contributed by atoms with Gasteiger partial charge in [0.15, 0.2) is 0 Å². The van der Waals surface area contributed by atoms with Gasteiger partial charge < -0.3 is 9.88 Å². The largest absolute Gasteiger partial charge is 0.336 e. The molecule has 1 aliphatic heterocycles. The molecule has 0 unspecified atom stereocenters. The minimum atomic E-state index is -0.193. The lowest BCUT2D eigenvalue weighted by atomic mass is 10.2. The van der Waals surface area contributed by atoms with Gasteiger partial charge in [0.1, 0.15) is 0 Å². The van der Waals surface area contributed by atoms with E-state index in [9.17, 15) is 9.59 Å². The van der Waals surface area contributed by atoms with Crippen LogP contribution in [0, 0.1) is 0 Å². The number of carbonyl (C=O) groups excluding carboxylic acids is 1. The lowest BCUT2D eigenvalue weighted by Gasteiger charge is -2.34. The zero-order chi connectivity index (χ0) is 16.8. The SMILES string of the molecule is O=C(c1ccc(=O)[nH]c1)N1CCN(C/C=C/c2ccccc2)CC1. The lowest BCUT2D eigenvalue weighted by Crippen LogP contribution is -2.48. The van der Waals surface area contributed by atoms with Gasteiger partial charge in [-0.15, -0.1) is 0 Å². The molecule has 1 aromatic heterocycles. The Hall–Kier alpha value is -2.66. The molecule has 1 fully saturated rings. The molecule has 0 bridgehead atoms. The van der Waals surface area contributed by atoms with E-state index in [2.05, 4.69) is 34.2 Å². The molecule has 1 amide bonds. The van der Waals surface area contributed by atoms with Crippen molar-refractivity contribution in [3.8, 4) is 0 Å². The van der Waals surface area contributed by atoms with Crippen molar-refractivity contribution >= 4 is 12.0 Å². The van der Waals surface area contributed by atoms with E-state index >= 15 is 0 Å². The predicted octanol–water partition coefficient (Wildman–Crippen LogP) is 1.85. The number of amides is 1. The molecule has 0 atom stereocenters. The Morgan fingerprint density at radius 3 is 2.46 bits per heavy atom. The molecule has 2 heterocycles.